The summed E-state index contributed by atoms with van der Waals surface area (Å²) in [6.45, 7) is 4.84. The van der Waals surface area contributed by atoms with Crippen LogP contribution in [-0.4, -0.2) is 36.0 Å². The summed E-state index contributed by atoms with van der Waals surface area (Å²) in [5.74, 6) is 0.797. The topological polar surface area (TPSA) is 42.4 Å². The molecule has 0 bridgehead atoms. The van der Waals surface area contributed by atoms with Gasteiger partial charge in [-0.1, -0.05) is 18.7 Å². The molecule has 0 saturated heterocycles. The van der Waals surface area contributed by atoms with Crippen LogP contribution >= 0.6 is 0 Å². The Balaban J connectivity index is 1.98. The van der Waals surface area contributed by atoms with E-state index in [1.807, 2.05) is 18.2 Å². The molecule has 2 aromatic rings. The number of nitrogens with zero attached hydrogens (tertiary/aromatic N) is 2. The van der Waals surface area contributed by atoms with Crippen molar-refractivity contribution < 1.29 is 9.53 Å². The third kappa shape index (κ3) is 2.60. The standard InChI is InChI=1S/C18H18N2O2/c1-3-18(21)20-9-6-13(7-10-20)15-11-14-5-4-8-19-16(14)12-17(15)22-2/h3-6,8,11-12H,1,7,9-10H2,2H3. The van der Waals surface area contributed by atoms with E-state index in [1.54, 1.807) is 18.2 Å². The van der Waals surface area contributed by atoms with Gasteiger partial charge in [0.05, 0.1) is 12.6 Å². The van der Waals surface area contributed by atoms with E-state index in [4.69, 9.17) is 4.74 Å². The Bertz CT molecular complexity index is 765. The van der Waals surface area contributed by atoms with Crippen LogP contribution in [0.4, 0.5) is 0 Å². The molecule has 22 heavy (non-hydrogen) atoms. The van der Waals surface area contributed by atoms with Crippen LogP contribution in [-0.2, 0) is 4.79 Å². The van der Waals surface area contributed by atoms with Crippen molar-refractivity contribution in [3.8, 4) is 5.75 Å². The van der Waals surface area contributed by atoms with Crippen LogP contribution in [0.25, 0.3) is 16.5 Å². The third-order valence-electron chi connectivity index (χ3n) is 3.97. The molecule has 2 heterocycles. The molecule has 112 valence electrons. The molecule has 1 aliphatic rings. The Morgan fingerprint density at radius 3 is 3.00 bits per heavy atom. The lowest BCUT2D eigenvalue weighted by Crippen LogP contribution is -2.33. The van der Waals surface area contributed by atoms with Gasteiger partial charge < -0.3 is 9.64 Å². The maximum atomic E-state index is 11.7. The van der Waals surface area contributed by atoms with Gasteiger partial charge in [-0.2, -0.15) is 0 Å². The highest BCUT2D eigenvalue weighted by Gasteiger charge is 2.18. The Labute approximate surface area is 129 Å². The van der Waals surface area contributed by atoms with Crippen LogP contribution in [0.2, 0.25) is 0 Å². The van der Waals surface area contributed by atoms with Crippen molar-refractivity contribution in [1.29, 1.82) is 0 Å². The van der Waals surface area contributed by atoms with Gasteiger partial charge in [0.1, 0.15) is 5.75 Å². The van der Waals surface area contributed by atoms with Crippen LogP contribution < -0.4 is 4.74 Å². The minimum absolute atomic E-state index is 0.0232. The molecule has 0 aliphatic carbocycles. The summed E-state index contributed by atoms with van der Waals surface area (Å²) in [4.78, 5) is 17.8. The first-order valence-electron chi connectivity index (χ1n) is 7.26. The zero-order chi connectivity index (χ0) is 15.5. The number of hydrogen-bond donors (Lipinski definition) is 0. The largest absolute Gasteiger partial charge is 0.496 e. The number of carbonyl (C=O) groups is 1. The van der Waals surface area contributed by atoms with Crippen molar-refractivity contribution >= 4 is 22.4 Å². The van der Waals surface area contributed by atoms with E-state index in [1.165, 1.54) is 11.6 Å². The molecule has 0 spiro atoms. The lowest BCUT2D eigenvalue weighted by molar-refractivity contribution is -0.125. The van der Waals surface area contributed by atoms with Crippen molar-refractivity contribution in [3.63, 3.8) is 0 Å². The monoisotopic (exact) mass is 294 g/mol. The SMILES string of the molecule is C=CC(=O)N1CC=C(c2cc3cccnc3cc2OC)CC1. The lowest BCUT2D eigenvalue weighted by Gasteiger charge is -2.26. The molecule has 0 saturated carbocycles. The Morgan fingerprint density at radius 2 is 2.32 bits per heavy atom. The number of methoxy groups -OCH3 is 1. The van der Waals surface area contributed by atoms with E-state index >= 15 is 0 Å². The molecular formula is C18H18N2O2. The molecule has 0 N–H and O–H groups in total. The second kappa shape index (κ2) is 6.02. The van der Waals surface area contributed by atoms with Gasteiger partial charge in [-0.3, -0.25) is 9.78 Å². The molecule has 1 aromatic heterocycles. The molecule has 3 rings (SSSR count). The van der Waals surface area contributed by atoms with Gasteiger partial charge in [0.25, 0.3) is 0 Å². The number of hydrogen-bond acceptors (Lipinski definition) is 3. The minimum atomic E-state index is -0.0232. The van der Waals surface area contributed by atoms with Gasteiger partial charge in [0, 0.05) is 36.3 Å². The summed E-state index contributed by atoms with van der Waals surface area (Å²) >= 11 is 0. The van der Waals surface area contributed by atoms with Crippen LogP contribution in [0.15, 0.2) is 49.2 Å². The fourth-order valence-electron chi connectivity index (χ4n) is 2.76. The molecule has 4 nitrogen and oxygen atoms in total. The number of aromatic nitrogens is 1. The van der Waals surface area contributed by atoms with E-state index in [2.05, 4.69) is 23.7 Å². The van der Waals surface area contributed by atoms with Crippen molar-refractivity contribution in [1.82, 2.24) is 9.88 Å². The summed E-state index contributed by atoms with van der Waals surface area (Å²) < 4.78 is 5.52. The van der Waals surface area contributed by atoms with Crippen molar-refractivity contribution in [2.45, 2.75) is 6.42 Å². The first-order chi connectivity index (χ1) is 10.7. The second-order valence-corrected chi connectivity index (χ2v) is 5.22. The molecule has 1 aliphatic heterocycles. The van der Waals surface area contributed by atoms with Gasteiger partial charge in [-0.15, -0.1) is 0 Å². The Hall–Kier alpha value is -2.62. The molecule has 0 unspecified atom stereocenters. The summed E-state index contributed by atoms with van der Waals surface area (Å²) in [6, 6.07) is 8.05. The van der Waals surface area contributed by atoms with Crippen LogP contribution in [0, 0.1) is 0 Å². The quantitative estimate of drug-likeness (QED) is 0.817. The van der Waals surface area contributed by atoms with Crippen LogP contribution in [0.5, 0.6) is 5.75 Å². The fraction of sp³-hybridized carbons (Fsp3) is 0.222. The number of carbonyl (C=O) groups excluding carboxylic acids is 1. The minimum Gasteiger partial charge on any atom is -0.496 e. The van der Waals surface area contributed by atoms with E-state index in [-0.39, 0.29) is 5.91 Å². The highest BCUT2D eigenvalue weighted by Crippen LogP contribution is 2.33. The van der Waals surface area contributed by atoms with Gasteiger partial charge in [-0.25, -0.2) is 0 Å². The summed E-state index contributed by atoms with van der Waals surface area (Å²) in [7, 11) is 1.67. The maximum absolute atomic E-state index is 11.7. The van der Waals surface area contributed by atoms with E-state index in [9.17, 15) is 4.79 Å². The van der Waals surface area contributed by atoms with Crippen molar-refractivity contribution in [3.05, 3.63) is 54.8 Å². The second-order valence-electron chi connectivity index (χ2n) is 5.22. The molecule has 1 amide bonds. The average molecular weight is 294 g/mol. The zero-order valence-corrected chi connectivity index (χ0v) is 12.6. The van der Waals surface area contributed by atoms with Gasteiger partial charge in [-0.05, 0) is 30.2 Å². The number of benzene rings is 1. The first-order valence-corrected chi connectivity index (χ1v) is 7.26. The van der Waals surface area contributed by atoms with Crippen LogP contribution in [0.3, 0.4) is 0 Å². The fourth-order valence-corrected chi connectivity index (χ4v) is 2.76. The highest BCUT2D eigenvalue weighted by atomic mass is 16.5. The lowest BCUT2D eigenvalue weighted by atomic mass is 9.96. The number of rotatable bonds is 3. The molecule has 4 heteroatoms. The summed E-state index contributed by atoms with van der Waals surface area (Å²) in [5.41, 5.74) is 3.20. The average Bonchev–Trinajstić information content (AvgIpc) is 2.60. The Morgan fingerprint density at radius 1 is 1.45 bits per heavy atom. The first kappa shape index (κ1) is 14.3. The van der Waals surface area contributed by atoms with Crippen molar-refractivity contribution in [2.75, 3.05) is 20.2 Å². The predicted molar refractivity (Wildman–Crippen MR) is 87.7 cm³/mol. The van der Waals surface area contributed by atoms with Crippen LogP contribution in [0.1, 0.15) is 12.0 Å². The summed E-state index contributed by atoms with van der Waals surface area (Å²) in [6.07, 6.45) is 6.04. The molecular weight excluding hydrogens is 276 g/mol. The van der Waals surface area contributed by atoms with Crippen molar-refractivity contribution in [2.24, 2.45) is 0 Å². The maximum Gasteiger partial charge on any atom is 0.246 e. The zero-order valence-electron chi connectivity index (χ0n) is 12.6. The number of ether oxygens (including phenoxy) is 1. The van der Waals surface area contributed by atoms with E-state index < -0.39 is 0 Å². The normalized spacial score (nSPS) is 14.6. The molecule has 1 aromatic carbocycles. The molecule has 0 radical (unpaired) electrons. The van der Waals surface area contributed by atoms with Gasteiger partial charge in [0.15, 0.2) is 0 Å². The number of amides is 1. The predicted octanol–water partition coefficient (Wildman–Crippen LogP) is 3.05. The molecule has 0 fully saturated rings. The third-order valence-corrected chi connectivity index (χ3v) is 3.97. The van der Waals surface area contributed by atoms with E-state index in [0.717, 1.165) is 28.6 Å². The summed E-state index contributed by atoms with van der Waals surface area (Å²) in [5, 5.41) is 1.09. The smallest absolute Gasteiger partial charge is 0.246 e. The van der Waals surface area contributed by atoms with Gasteiger partial charge >= 0.3 is 0 Å². The highest BCUT2D eigenvalue weighted by molar-refractivity contribution is 5.89. The molecule has 0 atom stereocenters. The van der Waals surface area contributed by atoms with Gasteiger partial charge in [0.2, 0.25) is 5.91 Å². The number of pyridine rings is 1. The van der Waals surface area contributed by atoms with E-state index in [0.29, 0.717) is 13.1 Å². The number of fused-ring (bicyclic) bond motifs is 1. The Kier molecular flexibility index (Phi) is 3.92.